The number of aliphatic carboxylic acids is 1. The number of sulfonamides is 1. The zero-order chi connectivity index (χ0) is 18.4. The maximum absolute atomic E-state index is 12.2. The van der Waals surface area contributed by atoms with Crippen molar-refractivity contribution < 1.29 is 23.1 Å². The van der Waals surface area contributed by atoms with Crippen LogP contribution in [0.3, 0.4) is 0 Å². The molecule has 0 heterocycles. The summed E-state index contributed by atoms with van der Waals surface area (Å²) in [6.45, 7) is 0. The minimum atomic E-state index is -3.79. The second kappa shape index (κ2) is 7.91. The Hall–Kier alpha value is -2.71. The highest BCUT2D eigenvalue weighted by Crippen LogP contribution is 2.24. The zero-order valence-electron chi connectivity index (χ0n) is 13.3. The summed E-state index contributed by atoms with van der Waals surface area (Å²) in [5.41, 5.74) is 1.17. The monoisotopic (exact) mass is 362 g/mol. The number of nitrogens with two attached hydrogens (primary N) is 1. The summed E-state index contributed by atoms with van der Waals surface area (Å²) in [6.07, 6.45) is -0.172. The van der Waals surface area contributed by atoms with Crippen LogP contribution in [0, 0.1) is 0 Å². The summed E-state index contributed by atoms with van der Waals surface area (Å²) in [5, 5.41) is 16.7. The summed E-state index contributed by atoms with van der Waals surface area (Å²) in [4.78, 5) is 23.2. The molecule has 0 radical (unpaired) electrons. The lowest BCUT2D eigenvalue weighted by atomic mass is 9.92. The molecule has 0 aliphatic rings. The van der Waals surface area contributed by atoms with Crippen LogP contribution in [0.4, 0.5) is 5.69 Å². The topological polar surface area (TPSA) is 127 Å². The number of carbonyl (C=O) groups excluding carboxylic acids is 1. The van der Waals surface area contributed by atoms with Crippen LogP contribution in [0.1, 0.15) is 24.3 Å². The predicted octanol–water partition coefficient (Wildman–Crippen LogP) is 1.92. The number of anilines is 1. The van der Waals surface area contributed by atoms with Crippen LogP contribution in [0.15, 0.2) is 59.5 Å². The van der Waals surface area contributed by atoms with Gasteiger partial charge < -0.3 is 10.4 Å². The van der Waals surface area contributed by atoms with Crippen LogP contribution in [0.5, 0.6) is 0 Å². The van der Waals surface area contributed by atoms with E-state index in [2.05, 4.69) is 5.32 Å². The minimum Gasteiger partial charge on any atom is -0.481 e. The smallest absolute Gasteiger partial charge is 0.303 e. The van der Waals surface area contributed by atoms with E-state index in [9.17, 15) is 18.0 Å². The summed E-state index contributed by atoms with van der Waals surface area (Å²) in [6, 6.07) is 14.4. The summed E-state index contributed by atoms with van der Waals surface area (Å²) in [7, 11) is -3.79. The van der Waals surface area contributed by atoms with E-state index in [0.29, 0.717) is 5.69 Å². The molecule has 2 aromatic rings. The van der Waals surface area contributed by atoms with Gasteiger partial charge in [-0.15, -0.1) is 0 Å². The van der Waals surface area contributed by atoms with Crippen molar-refractivity contribution in [2.24, 2.45) is 5.14 Å². The van der Waals surface area contributed by atoms with Gasteiger partial charge in [-0.1, -0.05) is 30.3 Å². The van der Waals surface area contributed by atoms with Gasteiger partial charge in [-0.25, -0.2) is 13.6 Å². The second-order valence-electron chi connectivity index (χ2n) is 5.53. The fraction of sp³-hybridized carbons (Fsp3) is 0.176. The normalized spacial score (nSPS) is 12.4. The average Bonchev–Trinajstić information content (AvgIpc) is 2.54. The number of nitrogens with one attached hydrogen (secondary N) is 1. The van der Waals surface area contributed by atoms with Gasteiger partial charge in [0.1, 0.15) is 0 Å². The molecule has 0 aliphatic carbocycles. The van der Waals surface area contributed by atoms with Crippen LogP contribution in [-0.4, -0.2) is 25.4 Å². The molecular formula is C17H18N2O5S. The van der Waals surface area contributed by atoms with Crippen LogP contribution in [-0.2, 0) is 19.6 Å². The number of carboxylic acid groups (broad SMARTS) is 1. The maximum atomic E-state index is 12.2. The lowest BCUT2D eigenvalue weighted by Crippen LogP contribution is -2.18. The van der Waals surface area contributed by atoms with Gasteiger partial charge in [0.15, 0.2) is 0 Å². The highest BCUT2D eigenvalue weighted by atomic mass is 32.2. The molecule has 25 heavy (non-hydrogen) atoms. The molecule has 1 amide bonds. The summed E-state index contributed by atoms with van der Waals surface area (Å²) >= 11 is 0. The Bertz CT molecular complexity index is 848. The number of carboxylic acids is 1. The van der Waals surface area contributed by atoms with Gasteiger partial charge in [0.25, 0.3) is 0 Å². The largest absolute Gasteiger partial charge is 0.481 e. The van der Waals surface area contributed by atoms with E-state index in [1.807, 2.05) is 6.07 Å². The fourth-order valence-corrected chi connectivity index (χ4v) is 2.92. The number of rotatable bonds is 7. The standard InChI is InChI=1S/C17H18N2O5S/c18-25(23,24)15-8-6-14(7-9-15)19-16(20)10-13(11-17(21)22)12-4-2-1-3-5-12/h1-9,13H,10-11H2,(H,19,20)(H,21,22)(H2,18,23,24). The van der Waals surface area contributed by atoms with Gasteiger partial charge in [0.2, 0.25) is 15.9 Å². The van der Waals surface area contributed by atoms with Crippen LogP contribution >= 0.6 is 0 Å². The molecule has 2 aromatic carbocycles. The highest BCUT2D eigenvalue weighted by Gasteiger charge is 2.19. The van der Waals surface area contributed by atoms with Crippen molar-refractivity contribution in [2.45, 2.75) is 23.7 Å². The van der Waals surface area contributed by atoms with E-state index in [0.717, 1.165) is 5.56 Å². The number of carbonyl (C=O) groups is 2. The van der Waals surface area contributed by atoms with Gasteiger partial charge >= 0.3 is 5.97 Å². The first-order chi connectivity index (χ1) is 11.8. The van der Waals surface area contributed by atoms with Crippen molar-refractivity contribution >= 4 is 27.6 Å². The number of benzene rings is 2. The van der Waals surface area contributed by atoms with E-state index in [1.54, 1.807) is 24.3 Å². The molecular weight excluding hydrogens is 344 g/mol. The highest BCUT2D eigenvalue weighted by molar-refractivity contribution is 7.89. The minimum absolute atomic E-state index is 0.00669. The molecule has 132 valence electrons. The van der Waals surface area contributed by atoms with Gasteiger partial charge in [0, 0.05) is 18.0 Å². The average molecular weight is 362 g/mol. The molecule has 8 heteroatoms. The predicted molar refractivity (Wildman–Crippen MR) is 92.5 cm³/mol. The molecule has 0 bridgehead atoms. The Kier molecular flexibility index (Phi) is 5.89. The molecule has 0 saturated heterocycles. The van der Waals surface area contributed by atoms with Crippen LogP contribution in [0.2, 0.25) is 0 Å². The molecule has 1 atom stereocenters. The molecule has 0 aliphatic heterocycles. The van der Waals surface area contributed by atoms with Crippen molar-refractivity contribution in [2.75, 3.05) is 5.32 Å². The first-order valence-electron chi connectivity index (χ1n) is 7.45. The second-order valence-corrected chi connectivity index (χ2v) is 7.09. The van der Waals surface area contributed by atoms with Crippen molar-refractivity contribution in [3.8, 4) is 0 Å². The van der Waals surface area contributed by atoms with E-state index < -0.39 is 21.9 Å². The third-order valence-electron chi connectivity index (χ3n) is 3.59. The first-order valence-corrected chi connectivity index (χ1v) is 9.00. The zero-order valence-corrected chi connectivity index (χ0v) is 14.1. The summed E-state index contributed by atoms with van der Waals surface area (Å²) < 4.78 is 22.4. The molecule has 0 fully saturated rings. The van der Waals surface area contributed by atoms with Gasteiger partial charge in [-0.05, 0) is 29.8 Å². The van der Waals surface area contributed by atoms with Gasteiger partial charge in [0.05, 0.1) is 11.3 Å². The third-order valence-corrected chi connectivity index (χ3v) is 4.52. The molecule has 0 aromatic heterocycles. The quantitative estimate of drug-likeness (QED) is 0.693. The number of primary sulfonamides is 1. The Labute approximate surface area is 145 Å². The Morgan fingerprint density at radius 3 is 2.12 bits per heavy atom. The number of hydrogen-bond donors (Lipinski definition) is 3. The van der Waals surface area contributed by atoms with E-state index in [1.165, 1.54) is 24.3 Å². The summed E-state index contributed by atoms with van der Waals surface area (Å²) in [5.74, 6) is -1.81. The molecule has 0 spiro atoms. The number of hydrogen-bond acceptors (Lipinski definition) is 4. The number of amides is 1. The molecule has 1 unspecified atom stereocenters. The van der Waals surface area contributed by atoms with Gasteiger partial charge in [-0.2, -0.15) is 0 Å². The lowest BCUT2D eigenvalue weighted by Gasteiger charge is -2.15. The van der Waals surface area contributed by atoms with Crippen molar-refractivity contribution in [1.29, 1.82) is 0 Å². The third kappa shape index (κ3) is 5.70. The fourth-order valence-electron chi connectivity index (χ4n) is 2.41. The Balaban J connectivity index is 2.07. The first kappa shape index (κ1) is 18.6. The Morgan fingerprint density at radius 1 is 1.00 bits per heavy atom. The van der Waals surface area contributed by atoms with E-state index in [-0.39, 0.29) is 23.6 Å². The maximum Gasteiger partial charge on any atom is 0.303 e. The SMILES string of the molecule is NS(=O)(=O)c1ccc(NC(=O)CC(CC(=O)O)c2ccccc2)cc1. The van der Waals surface area contributed by atoms with Crippen molar-refractivity contribution in [3.05, 3.63) is 60.2 Å². The van der Waals surface area contributed by atoms with E-state index >= 15 is 0 Å². The lowest BCUT2D eigenvalue weighted by molar-refractivity contribution is -0.137. The molecule has 7 nitrogen and oxygen atoms in total. The van der Waals surface area contributed by atoms with Crippen molar-refractivity contribution in [1.82, 2.24) is 0 Å². The molecule has 0 saturated carbocycles. The van der Waals surface area contributed by atoms with Crippen LogP contribution < -0.4 is 10.5 Å². The van der Waals surface area contributed by atoms with E-state index in [4.69, 9.17) is 10.2 Å². The molecule has 4 N–H and O–H groups in total. The van der Waals surface area contributed by atoms with Crippen LogP contribution in [0.25, 0.3) is 0 Å². The van der Waals surface area contributed by atoms with Gasteiger partial charge in [-0.3, -0.25) is 9.59 Å². The van der Waals surface area contributed by atoms with Crippen molar-refractivity contribution in [3.63, 3.8) is 0 Å². The molecule has 2 rings (SSSR count). The Morgan fingerprint density at radius 2 is 1.60 bits per heavy atom.